The minimum Gasteiger partial charge on any atom is -0.477 e. The van der Waals surface area contributed by atoms with E-state index in [1.807, 2.05) is 21.1 Å². The molecule has 0 bridgehead atoms. The number of nitrogens with zero attached hydrogens (tertiary/aromatic N) is 1. The third-order valence-corrected chi connectivity index (χ3v) is 9.26. The van der Waals surface area contributed by atoms with E-state index < -0.39 is 24.3 Å². The fourth-order valence-electron chi connectivity index (χ4n) is 5.76. The lowest BCUT2D eigenvalue weighted by molar-refractivity contribution is -0.870. The van der Waals surface area contributed by atoms with E-state index in [4.69, 9.17) is 18.9 Å². The molecule has 0 heterocycles. The largest absolute Gasteiger partial charge is 0.477 e. The predicted octanol–water partition coefficient (Wildman–Crippen LogP) is 11.8. The predicted molar refractivity (Wildman–Crippen MR) is 235 cm³/mol. The molecule has 9 nitrogen and oxygen atoms in total. The summed E-state index contributed by atoms with van der Waals surface area (Å²) >= 11 is 0. The normalized spacial score (nSPS) is 13.5. The summed E-state index contributed by atoms with van der Waals surface area (Å²) in [4.78, 5) is 37.1. The Hall–Kier alpha value is -3.01. The van der Waals surface area contributed by atoms with Crippen molar-refractivity contribution in [2.75, 3.05) is 47.5 Å². The van der Waals surface area contributed by atoms with Gasteiger partial charge in [0, 0.05) is 12.8 Å². The summed E-state index contributed by atoms with van der Waals surface area (Å²) < 4.78 is 22.7. The minimum atomic E-state index is -1.52. The van der Waals surface area contributed by atoms with Crippen LogP contribution in [0.1, 0.15) is 168 Å². The monoisotopic (exact) mass is 803 g/mol. The van der Waals surface area contributed by atoms with Gasteiger partial charge >= 0.3 is 17.9 Å². The highest BCUT2D eigenvalue weighted by Crippen LogP contribution is 2.12. The number of allylic oxidation sites excluding steroid dienone is 10. The third-order valence-electron chi connectivity index (χ3n) is 9.26. The second-order valence-electron chi connectivity index (χ2n) is 16.0. The van der Waals surface area contributed by atoms with Crippen LogP contribution in [0, 0.1) is 0 Å². The first kappa shape index (κ1) is 54.0. The summed E-state index contributed by atoms with van der Waals surface area (Å²) in [6.45, 7) is 4.70. The van der Waals surface area contributed by atoms with Gasteiger partial charge in [-0.05, 0) is 77.0 Å². The van der Waals surface area contributed by atoms with Gasteiger partial charge < -0.3 is 28.5 Å². The first-order chi connectivity index (χ1) is 27.6. The van der Waals surface area contributed by atoms with Gasteiger partial charge in [0.1, 0.15) is 13.2 Å². The van der Waals surface area contributed by atoms with Crippen LogP contribution in [-0.2, 0) is 33.3 Å². The van der Waals surface area contributed by atoms with E-state index in [2.05, 4.69) is 74.6 Å². The van der Waals surface area contributed by atoms with Crippen molar-refractivity contribution in [3.05, 3.63) is 60.8 Å². The van der Waals surface area contributed by atoms with Crippen molar-refractivity contribution in [1.82, 2.24) is 0 Å². The molecule has 0 saturated heterocycles. The van der Waals surface area contributed by atoms with E-state index in [1.54, 1.807) is 0 Å². The molecular formula is C48H84NO8+. The molecule has 328 valence electrons. The summed E-state index contributed by atoms with van der Waals surface area (Å²) in [5.41, 5.74) is 0. The van der Waals surface area contributed by atoms with Crippen molar-refractivity contribution in [1.29, 1.82) is 0 Å². The number of quaternary nitrogens is 1. The first-order valence-corrected chi connectivity index (χ1v) is 22.5. The van der Waals surface area contributed by atoms with Crippen LogP contribution in [0.2, 0.25) is 0 Å². The Labute approximate surface area is 348 Å². The highest BCUT2D eigenvalue weighted by Gasteiger charge is 2.25. The molecule has 0 aliphatic heterocycles. The summed E-state index contributed by atoms with van der Waals surface area (Å²) in [6, 6.07) is 0. The van der Waals surface area contributed by atoms with Crippen LogP contribution in [-0.4, -0.2) is 87.4 Å². The van der Waals surface area contributed by atoms with Gasteiger partial charge in [-0.25, -0.2) is 4.79 Å². The number of aliphatic carboxylic acids is 1. The van der Waals surface area contributed by atoms with Crippen LogP contribution in [0.4, 0.5) is 0 Å². The van der Waals surface area contributed by atoms with E-state index in [0.29, 0.717) is 17.4 Å². The Morgan fingerprint density at radius 3 is 1.51 bits per heavy atom. The number of carboxylic acids is 1. The Balaban J connectivity index is 4.51. The molecule has 57 heavy (non-hydrogen) atoms. The highest BCUT2D eigenvalue weighted by atomic mass is 16.7. The number of unbranched alkanes of at least 4 members (excludes halogenated alkanes) is 15. The van der Waals surface area contributed by atoms with Gasteiger partial charge in [-0.2, -0.15) is 0 Å². The molecule has 0 aliphatic carbocycles. The van der Waals surface area contributed by atoms with Gasteiger partial charge in [-0.3, -0.25) is 9.59 Å². The van der Waals surface area contributed by atoms with Gasteiger partial charge in [0.05, 0.1) is 34.4 Å². The second-order valence-corrected chi connectivity index (χ2v) is 16.0. The summed E-state index contributed by atoms with van der Waals surface area (Å²) in [5.74, 6) is -2.06. The molecule has 0 aromatic rings. The second kappa shape index (κ2) is 39.8. The van der Waals surface area contributed by atoms with Crippen LogP contribution in [0.3, 0.4) is 0 Å². The van der Waals surface area contributed by atoms with Crippen LogP contribution < -0.4 is 0 Å². The van der Waals surface area contributed by atoms with Crippen LogP contribution in [0.25, 0.3) is 0 Å². The molecule has 0 aliphatic rings. The molecule has 0 aromatic heterocycles. The van der Waals surface area contributed by atoms with E-state index in [9.17, 15) is 19.5 Å². The van der Waals surface area contributed by atoms with Crippen LogP contribution in [0.5, 0.6) is 0 Å². The zero-order valence-electron chi connectivity index (χ0n) is 37.0. The SMILES string of the molecule is CC/C=C\C/C=C\C/C=C\C/C=C\CCCCCCC(=O)OC(COC(=O)CCCCCCC/C=C\CCCCCCCC)COC(OCC[N+](C)(C)C)C(=O)O. The molecular weight excluding hydrogens is 719 g/mol. The molecule has 1 N–H and O–H groups in total. The summed E-state index contributed by atoms with van der Waals surface area (Å²) in [7, 11) is 5.94. The molecule has 0 amide bonds. The highest BCUT2D eigenvalue weighted by molar-refractivity contribution is 5.71. The topological polar surface area (TPSA) is 108 Å². The Morgan fingerprint density at radius 1 is 0.544 bits per heavy atom. The molecule has 0 saturated carbocycles. The Kier molecular flexibility index (Phi) is 37.7. The first-order valence-electron chi connectivity index (χ1n) is 22.5. The zero-order chi connectivity index (χ0) is 42.1. The number of hydrogen-bond donors (Lipinski definition) is 1. The van der Waals surface area contributed by atoms with Crippen molar-refractivity contribution < 1.29 is 42.9 Å². The maximum atomic E-state index is 12.8. The molecule has 0 aromatic carbocycles. The van der Waals surface area contributed by atoms with Gasteiger partial charge in [0.2, 0.25) is 0 Å². The number of rotatable bonds is 40. The number of likely N-dealkylation sites (N-methyl/N-ethyl adjacent to an activating group) is 1. The van der Waals surface area contributed by atoms with Crippen molar-refractivity contribution in [2.45, 2.75) is 180 Å². The average Bonchev–Trinajstić information content (AvgIpc) is 3.17. The number of hydrogen-bond acceptors (Lipinski definition) is 7. The molecule has 0 rings (SSSR count). The van der Waals surface area contributed by atoms with E-state index in [0.717, 1.165) is 89.9 Å². The van der Waals surface area contributed by atoms with Gasteiger partial charge in [-0.15, -0.1) is 0 Å². The van der Waals surface area contributed by atoms with Gasteiger partial charge in [0.15, 0.2) is 6.10 Å². The molecule has 0 spiro atoms. The number of ether oxygens (including phenoxy) is 4. The third kappa shape index (κ3) is 41.0. The molecule has 0 fully saturated rings. The molecule has 2 atom stereocenters. The lowest BCUT2D eigenvalue weighted by atomic mass is 10.1. The fraction of sp³-hybridized carbons (Fsp3) is 0.729. The maximum absolute atomic E-state index is 12.8. The quantitative estimate of drug-likeness (QED) is 0.0214. The summed E-state index contributed by atoms with van der Waals surface area (Å²) in [6.07, 6.45) is 44.2. The lowest BCUT2D eigenvalue weighted by Crippen LogP contribution is -2.40. The number of carbonyl (C=O) groups is 3. The van der Waals surface area contributed by atoms with Crippen molar-refractivity contribution in [3.8, 4) is 0 Å². The number of carbonyl (C=O) groups excluding carboxylic acids is 2. The molecule has 9 heteroatoms. The van der Waals surface area contributed by atoms with Crippen LogP contribution in [0.15, 0.2) is 60.8 Å². The van der Waals surface area contributed by atoms with Crippen molar-refractivity contribution >= 4 is 17.9 Å². The maximum Gasteiger partial charge on any atom is 0.361 e. The van der Waals surface area contributed by atoms with Crippen molar-refractivity contribution in [3.63, 3.8) is 0 Å². The molecule has 2 unspecified atom stereocenters. The average molecular weight is 803 g/mol. The Morgan fingerprint density at radius 2 is 1.00 bits per heavy atom. The lowest BCUT2D eigenvalue weighted by Gasteiger charge is -2.25. The molecule has 0 radical (unpaired) electrons. The summed E-state index contributed by atoms with van der Waals surface area (Å²) in [5, 5.41) is 9.63. The number of esters is 2. The fourth-order valence-corrected chi connectivity index (χ4v) is 5.76. The minimum absolute atomic E-state index is 0.179. The van der Waals surface area contributed by atoms with Gasteiger partial charge in [0.25, 0.3) is 6.29 Å². The van der Waals surface area contributed by atoms with E-state index in [-0.39, 0.29) is 38.6 Å². The van der Waals surface area contributed by atoms with Crippen LogP contribution >= 0.6 is 0 Å². The van der Waals surface area contributed by atoms with Crippen molar-refractivity contribution in [2.24, 2.45) is 0 Å². The van der Waals surface area contributed by atoms with E-state index in [1.165, 1.54) is 44.9 Å². The van der Waals surface area contributed by atoms with E-state index >= 15 is 0 Å². The Bertz CT molecular complexity index is 1120. The standard InChI is InChI=1S/C48H83NO8/c1-6-8-10-12-14-16-18-20-22-23-25-27-29-31-33-35-37-39-46(51)57-44(43-56-48(47(52)53)54-41-40-49(3,4)5)42-55-45(50)38-36-34-32-30-28-26-24-21-19-17-15-13-11-9-7-2/h8,10,14,16,20-22,24-25,27,44,48H,6-7,9,11-13,15,17-19,23,26,28-43H2,1-5H3/p+1/b10-8-,16-14-,22-20-,24-21-,27-25-. The smallest absolute Gasteiger partial charge is 0.361 e. The number of carboxylic acid groups (broad SMARTS) is 1. The zero-order valence-corrected chi connectivity index (χ0v) is 37.0. The van der Waals surface area contributed by atoms with Gasteiger partial charge in [-0.1, -0.05) is 139 Å².